The third kappa shape index (κ3) is 9.06. The van der Waals surface area contributed by atoms with Crippen LogP contribution >= 0.6 is 23.2 Å². The summed E-state index contributed by atoms with van der Waals surface area (Å²) in [7, 11) is -4.33. The molecule has 0 spiro atoms. The molecular formula is C34H34Cl2FN3O4S. The van der Waals surface area contributed by atoms with E-state index in [1.54, 1.807) is 48.5 Å². The van der Waals surface area contributed by atoms with Crippen molar-refractivity contribution in [2.45, 2.75) is 43.7 Å². The monoisotopic (exact) mass is 669 g/mol. The van der Waals surface area contributed by atoms with Gasteiger partial charge in [-0.15, -0.1) is 0 Å². The number of amides is 2. The van der Waals surface area contributed by atoms with Gasteiger partial charge in [0.15, 0.2) is 0 Å². The quantitative estimate of drug-likeness (QED) is 0.148. The zero-order chi connectivity index (χ0) is 32.4. The zero-order valence-corrected chi connectivity index (χ0v) is 27.0. The third-order valence-corrected chi connectivity index (χ3v) is 9.69. The lowest BCUT2D eigenvalue weighted by atomic mass is 10.0. The Kier molecular flexibility index (Phi) is 12.0. The molecule has 4 rings (SSSR count). The second-order valence-electron chi connectivity index (χ2n) is 10.4. The van der Waals surface area contributed by atoms with Crippen LogP contribution in [0.3, 0.4) is 0 Å². The normalized spacial score (nSPS) is 11.9. The van der Waals surface area contributed by atoms with Crippen LogP contribution in [0.1, 0.15) is 30.9 Å². The lowest BCUT2D eigenvalue weighted by Crippen LogP contribution is -2.53. The summed E-state index contributed by atoms with van der Waals surface area (Å²) in [5, 5.41) is 3.55. The molecule has 7 nitrogen and oxygen atoms in total. The Hall–Kier alpha value is -3.92. The molecule has 0 saturated carbocycles. The second kappa shape index (κ2) is 15.9. The standard InChI is InChI=1S/C34H34Cl2FN3O4S/c1-2-3-20-38-34(42)32(22-25-10-6-4-7-11-25)39(23-26-14-19-30(35)31(36)21-26)33(41)24-40(28-12-8-5-9-13-28)45(43,44)29-17-15-27(37)16-18-29/h4-19,21,32H,2-3,20,22-24H2,1H3,(H,38,42)/t32-/m0/s1. The average Bonchev–Trinajstić information content (AvgIpc) is 3.04. The van der Waals surface area contributed by atoms with Gasteiger partial charge in [0.1, 0.15) is 18.4 Å². The summed E-state index contributed by atoms with van der Waals surface area (Å²) in [6.07, 6.45) is 1.80. The molecule has 0 radical (unpaired) electrons. The highest BCUT2D eigenvalue weighted by Crippen LogP contribution is 2.27. The van der Waals surface area contributed by atoms with E-state index in [4.69, 9.17) is 23.2 Å². The maximum atomic E-state index is 14.4. The van der Waals surface area contributed by atoms with E-state index in [2.05, 4.69) is 5.32 Å². The van der Waals surface area contributed by atoms with Gasteiger partial charge in [0.25, 0.3) is 10.0 Å². The number of carbonyl (C=O) groups excluding carboxylic acids is 2. The van der Waals surface area contributed by atoms with Crippen LogP contribution in [0.4, 0.5) is 10.1 Å². The number of hydrogen-bond donors (Lipinski definition) is 1. The highest BCUT2D eigenvalue weighted by atomic mass is 35.5. The fourth-order valence-corrected chi connectivity index (χ4v) is 6.49. The third-order valence-electron chi connectivity index (χ3n) is 7.16. The highest BCUT2D eigenvalue weighted by molar-refractivity contribution is 7.92. The molecule has 0 heterocycles. The number of unbranched alkanes of at least 4 members (excludes halogenated alkanes) is 1. The Balaban J connectivity index is 1.78. The van der Waals surface area contributed by atoms with Crippen molar-refractivity contribution in [1.29, 1.82) is 0 Å². The van der Waals surface area contributed by atoms with E-state index >= 15 is 0 Å². The molecule has 1 atom stereocenters. The Labute approximate surface area is 273 Å². The van der Waals surface area contributed by atoms with Crippen molar-refractivity contribution in [3.05, 3.63) is 130 Å². The number of sulfonamides is 1. The van der Waals surface area contributed by atoms with Crippen molar-refractivity contribution in [1.82, 2.24) is 10.2 Å². The summed E-state index contributed by atoms with van der Waals surface area (Å²) in [4.78, 5) is 29.4. The molecule has 4 aromatic carbocycles. The molecule has 236 valence electrons. The average molecular weight is 671 g/mol. The first-order chi connectivity index (χ1) is 21.6. The number of para-hydroxylation sites is 1. The van der Waals surface area contributed by atoms with E-state index in [1.807, 2.05) is 37.3 Å². The van der Waals surface area contributed by atoms with E-state index < -0.39 is 34.3 Å². The van der Waals surface area contributed by atoms with E-state index in [-0.39, 0.29) is 34.5 Å². The van der Waals surface area contributed by atoms with Gasteiger partial charge in [-0.05, 0) is 66.1 Å². The first-order valence-corrected chi connectivity index (χ1v) is 16.7. The summed E-state index contributed by atoms with van der Waals surface area (Å²) >= 11 is 12.5. The Morgan fingerprint density at radius 2 is 1.49 bits per heavy atom. The lowest BCUT2D eigenvalue weighted by molar-refractivity contribution is -0.140. The first-order valence-electron chi connectivity index (χ1n) is 14.5. The van der Waals surface area contributed by atoms with Gasteiger partial charge in [0.2, 0.25) is 11.8 Å². The first kappa shape index (κ1) is 34.0. The molecule has 2 amide bonds. The van der Waals surface area contributed by atoms with Crippen LogP contribution in [0.2, 0.25) is 10.0 Å². The SMILES string of the molecule is CCCCNC(=O)[C@H](Cc1ccccc1)N(Cc1ccc(Cl)c(Cl)c1)C(=O)CN(c1ccccc1)S(=O)(=O)c1ccc(F)cc1. The maximum Gasteiger partial charge on any atom is 0.264 e. The number of anilines is 1. The molecule has 0 aliphatic carbocycles. The predicted molar refractivity (Wildman–Crippen MR) is 176 cm³/mol. The van der Waals surface area contributed by atoms with Crippen molar-refractivity contribution in [3.63, 3.8) is 0 Å². The molecule has 4 aromatic rings. The molecule has 0 bridgehead atoms. The smallest absolute Gasteiger partial charge is 0.264 e. The van der Waals surface area contributed by atoms with Gasteiger partial charge in [-0.25, -0.2) is 12.8 Å². The number of benzene rings is 4. The Bertz CT molecular complexity index is 1690. The lowest BCUT2D eigenvalue weighted by Gasteiger charge is -2.34. The fourth-order valence-electron chi connectivity index (χ4n) is 4.75. The van der Waals surface area contributed by atoms with Gasteiger partial charge in [0.05, 0.1) is 20.6 Å². The largest absolute Gasteiger partial charge is 0.354 e. The minimum Gasteiger partial charge on any atom is -0.354 e. The summed E-state index contributed by atoms with van der Waals surface area (Å²) in [6.45, 7) is 1.75. The van der Waals surface area contributed by atoms with Crippen molar-refractivity contribution in [3.8, 4) is 0 Å². The Morgan fingerprint density at radius 3 is 2.11 bits per heavy atom. The second-order valence-corrected chi connectivity index (χ2v) is 13.1. The molecule has 0 fully saturated rings. The molecular weight excluding hydrogens is 636 g/mol. The van der Waals surface area contributed by atoms with Crippen molar-refractivity contribution in [2.75, 3.05) is 17.4 Å². The molecule has 1 N–H and O–H groups in total. The Morgan fingerprint density at radius 1 is 0.844 bits per heavy atom. The van der Waals surface area contributed by atoms with Gasteiger partial charge >= 0.3 is 0 Å². The highest BCUT2D eigenvalue weighted by Gasteiger charge is 2.34. The van der Waals surface area contributed by atoms with Gasteiger partial charge in [-0.3, -0.25) is 13.9 Å². The van der Waals surface area contributed by atoms with Crippen molar-refractivity contribution in [2.24, 2.45) is 0 Å². The van der Waals surface area contributed by atoms with Crippen LogP contribution in [0.5, 0.6) is 0 Å². The van der Waals surface area contributed by atoms with Gasteiger partial charge in [0, 0.05) is 19.5 Å². The van der Waals surface area contributed by atoms with E-state index in [0.717, 1.165) is 47.0 Å². The number of rotatable bonds is 14. The van der Waals surface area contributed by atoms with E-state index in [1.165, 1.54) is 4.90 Å². The molecule has 11 heteroatoms. The number of halogens is 3. The van der Waals surface area contributed by atoms with Crippen LogP contribution in [0.25, 0.3) is 0 Å². The van der Waals surface area contributed by atoms with Crippen LogP contribution in [0, 0.1) is 5.82 Å². The zero-order valence-electron chi connectivity index (χ0n) is 24.7. The molecule has 0 saturated heterocycles. The van der Waals surface area contributed by atoms with Crippen molar-refractivity contribution < 1.29 is 22.4 Å². The topological polar surface area (TPSA) is 86.8 Å². The summed E-state index contributed by atoms with van der Waals surface area (Å²) in [5.74, 6) is -1.59. The molecule has 0 aliphatic heterocycles. The molecule has 0 aliphatic rings. The maximum absolute atomic E-state index is 14.4. The van der Waals surface area contributed by atoms with Gasteiger partial charge < -0.3 is 10.2 Å². The number of hydrogen-bond acceptors (Lipinski definition) is 4. The van der Waals surface area contributed by atoms with Gasteiger partial charge in [-0.1, -0.05) is 91.1 Å². The molecule has 45 heavy (non-hydrogen) atoms. The predicted octanol–water partition coefficient (Wildman–Crippen LogP) is 6.88. The van der Waals surface area contributed by atoms with E-state index in [9.17, 15) is 22.4 Å². The van der Waals surface area contributed by atoms with Crippen LogP contribution in [-0.2, 0) is 32.6 Å². The molecule has 0 unspecified atom stereocenters. The number of carbonyl (C=O) groups is 2. The van der Waals surface area contributed by atoms with Gasteiger partial charge in [-0.2, -0.15) is 0 Å². The minimum atomic E-state index is -4.33. The van der Waals surface area contributed by atoms with Crippen LogP contribution in [0.15, 0.2) is 108 Å². The van der Waals surface area contributed by atoms with Crippen molar-refractivity contribution >= 4 is 50.7 Å². The molecule has 0 aromatic heterocycles. The number of nitrogens with zero attached hydrogens (tertiary/aromatic N) is 2. The summed E-state index contributed by atoms with van der Waals surface area (Å²) in [6, 6.07) is 25.8. The van der Waals surface area contributed by atoms with Crippen LogP contribution in [-0.4, -0.2) is 44.3 Å². The fraction of sp³-hybridized carbons (Fsp3) is 0.235. The van der Waals surface area contributed by atoms with E-state index in [0.29, 0.717) is 17.1 Å². The number of nitrogens with one attached hydrogen (secondary N) is 1. The van der Waals surface area contributed by atoms with Crippen LogP contribution < -0.4 is 9.62 Å². The summed E-state index contributed by atoms with van der Waals surface area (Å²) in [5.41, 5.74) is 1.65. The minimum absolute atomic E-state index is 0.0480. The summed E-state index contributed by atoms with van der Waals surface area (Å²) < 4.78 is 42.5.